The van der Waals surface area contributed by atoms with Crippen LogP contribution in [0.5, 0.6) is 11.5 Å². The number of nitrogens with zero attached hydrogens (tertiary/aromatic N) is 4. The fourth-order valence-electron chi connectivity index (χ4n) is 17.5. The Morgan fingerprint density at radius 2 is 1.22 bits per heavy atom. The van der Waals surface area contributed by atoms with Crippen molar-refractivity contribution in [2.45, 2.75) is 103 Å². The van der Waals surface area contributed by atoms with Crippen molar-refractivity contribution >= 4 is 181 Å². The van der Waals surface area contributed by atoms with Crippen molar-refractivity contribution in [1.82, 2.24) is 36.4 Å². The Bertz CT molecular complexity index is 4200. The molecule has 2 aromatic heterocycles. The molecule has 6 saturated carbocycles. The molecule has 33 heteroatoms. The highest BCUT2D eigenvalue weighted by molar-refractivity contribution is 7.80. The van der Waals surface area contributed by atoms with Gasteiger partial charge in [0, 0.05) is 112 Å². The molecule has 5 aromatic rings. The van der Waals surface area contributed by atoms with Crippen LogP contribution in [-0.2, 0) is 44.7 Å². The summed E-state index contributed by atoms with van der Waals surface area (Å²) in [6.45, 7) is 10.9. The van der Waals surface area contributed by atoms with Crippen LogP contribution in [0.15, 0.2) is 47.2 Å². The first-order valence-corrected chi connectivity index (χ1v) is 38.6. The molecule has 25 nitrogen and oxygen atoms in total. The number of ether oxygens (including phenoxy) is 2. The molecule has 0 saturated heterocycles. The number of thiophene rings is 2. The zero-order chi connectivity index (χ0) is 71.9. The van der Waals surface area contributed by atoms with Crippen molar-refractivity contribution in [2.75, 3.05) is 80.2 Å². The number of unbranched alkanes of at least 4 members (excludes halogenated alkanes) is 1. The first-order chi connectivity index (χ1) is 47.5. The predicted molar refractivity (Wildman–Crippen MR) is 393 cm³/mol. The lowest BCUT2D eigenvalue weighted by Gasteiger charge is -3.09. The van der Waals surface area contributed by atoms with Gasteiger partial charge in [0.2, 0.25) is 43.3 Å². The minimum atomic E-state index is -4.93. The van der Waals surface area contributed by atoms with Crippen LogP contribution >= 0.6 is 78.1 Å². The summed E-state index contributed by atoms with van der Waals surface area (Å²) in [5.74, 6) is -1.45. The Morgan fingerprint density at radius 1 is 0.720 bits per heavy atom. The largest absolute Gasteiger partial charge is 0.524 e. The first-order valence-electron chi connectivity index (χ1n) is 33.5. The standard InChI is InChI=1S/C67H81BCl2N11O14PS4/c1-30(2)54(77-58(84)38(74-33(5)82)11-8-9-17-72-62(68)88)59(85)76-39(12-10-18-73-63(71)89)57(83)75-37-15-13-34(14-16-37)27-93-64(97)78(6)19-20-79(7)65(98)94-42-21-40-46(44-31(3)28-99-55(42)44)35(23-69)25-80(40)60(86)66-48-51-49(66)53-50(66)52(48)67(51,53)61(87)81-26-36(24-70)47-41(81)22-43(95-96(90,91)92)56-45(47)32(4)29-100-56/h13-16,21-22,28-30,35-36,38-39,48-54H,8-12,17-20,23-27,68H2,1-7H3,(H,72,88)(H,74,82)(H,75,83)(H,76,85)(H,77,84)(H3,71,73,89)(H2,90,91,92)/t35-,36-,38+,39+,48?,49?,50?,51?,52?,53?,54?,66?,67?/m1/s1. The van der Waals surface area contributed by atoms with Crippen LogP contribution in [-0.4, -0.2) is 168 Å². The minimum absolute atomic E-state index is 0.0105. The second-order valence-electron chi connectivity index (χ2n) is 27.9. The van der Waals surface area contributed by atoms with Crippen LogP contribution < -0.4 is 56.7 Å². The van der Waals surface area contributed by atoms with Crippen molar-refractivity contribution in [3.8, 4) is 11.5 Å². The van der Waals surface area contributed by atoms with Crippen molar-refractivity contribution in [1.29, 1.82) is 0 Å². The Balaban J connectivity index is 0.642. The van der Waals surface area contributed by atoms with E-state index in [0.717, 1.165) is 49.0 Å². The molecule has 534 valence electrons. The van der Waals surface area contributed by atoms with Gasteiger partial charge in [0.25, 0.3) is 10.3 Å². The summed E-state index contributed by atoms with van der Waals surface area (Å²) in [7, 11) is 0.0913. The molecule has 3 aromatic carbocycles. The van der Waals surface area contributed by atoms with Gasteiger partial charge in [0.05, 0.1) is 31.6 Å². The summed E-state index contributed by atoms with van der Waals surface area (Å²) in [5, 5.41) is 22.4. The molecule has 6 aliphatic carbocycles. The Labute approximate surface area is 607 Å². The van der Waals surface area contributed by atoms with E-state index in [1.165, 1.54) is 26.1 Å². The first kappa shape index (κ1) is 72.9. The molecule has 6 fully saturated rings. The molecule has 5 atom stereocenters. The summed E-state index contributed by atoms with van der Waals surface area (Å²) >= 11 is 28.0. The highest BCUT2D eigenvalue weighted by Gasteiger charge is 3.13. The maximum atomic E-state index is 15.4. The number of aryl methyl sites for hydroxylation is 2. The van der Waals surface area contributed by atoms with Crippen LogP contribution in [0.1, 0.15) is 92.5 Å². The van der Waals surface area contributed by atoms with Crippen LogP contribution in [0.2, 0.25) is 0 Å². The number of amides is 9. The molecule has 9 amide bonds. The van der Waals surface area contributed by atoms with Crippen molar-refractivity contribution in [3.63, 3.8) is 0 Å². The van der Waals surface area contributed by atoms with Crippen molar-refractivity contribution < 1.29 is 66.7 Å². The number of hydrogen-bond donors (Lipinski definition) is 9. The van der Waals surface area contributed by atoms with Gasteiger partial charge in [-0.25, -0.2) is 9.36 Å². The van der Waals surface area contributed by atoms with Crippen molar-refractivity contribution in [3.05, 3.63) is 75.0 Å². The third kappa shape index (κ3) is 12.5. The third-order valence-electron chi connectivity index (χ3n) is 21.7. The fraction of sp³-hybridized carbons (Fsp3) is 0.522. The maximum absolute atomic E-state index is 15.4. The Kier molecular flexibility index (Phi) is 20.7. The number of fused-ring (bicyclic) bond motifs is 6. The number of thiocarbonyl (C=S) groups is 2. The average molecular weight is 1510 g/mol. The van der Waals surface area contributed by atoms with E-state index in [1.54, 1.807) is 77.3 Å². The maximum Gasteiger partial charge on any atom is 0.524 e. The van der Waals surface area contributed by atoms with Gasteiger partial charge in [0.1, 0.15) is 30.5 Å². The van der Waals surface area contributed by atoms with E-state index in [0.29, 0.717) is 73.3 Å². The number of carbonyl (C=O) groups excluding carboxylic acids is 8. The molecule has 8 aliphatic rings. The van der Waals surface area contributed by atoms with Gasteiger partial charge in [-0.05, 0) is 163 Å². The Morgan fingerprint density at radius 3 is 1.72 bits per heavy atom. The lowest BCUT2D eigenvalue weighted by Crippen LogP contribution is -3.12. The van der Waals surface area contributed by atoms with Gasteiger partial charge in [-0.15, -0.1) is 45.9 Å². The summed E-state index contributed by atoms with van der Waals surface area (Å²) in [6, 6.07) is 6.50. The zero-order valence-electron chi connectivity index (χ0n) is 56.4. The topological polar surface area (TPSA) is 333 Å². The lowest BCUT2D eigenvalue weighted by atomic mass is 8.92. The molecule has 100 heavy (non-hydrogen) atoms. The highest BCUT2D eigenvalue weighted by atomic mass is 35.5. The number of anilines is 3. The average Bonchev–Trinajstić information content (AvgIpc) is 0.589. The number of hydrogen-bond acceptors (Lipinski definition) is 16. The summed E-state index contributed by atoms with van der Waals surface area (Å²) in [5.41, 5.74) is 10.5. The number of rotatable bonds is 29. The Hall–Kier alpha value is -6.89. The van der Waals surface area contributed by atoms with E-state index in [4.69, 9.17) is 67.4 Å². The van der Waals surface area contributed by atoms with Crippen LogP contribution in [0.4, 0.5) is 26.7 Å². The minimum Gasteiger partial charge on any atom is -0.466 e. The van der Waals surface area contributed by atoms with Crippen LogP contribution in [0.3, 0.4) is 0 Å². The van der Waals surface area contributed by atoms with Gasteiger partial charge in [-0.3, -0.25) is 43.3 Å². The van der Waals surface area contributed by atoms with Gasteiger partial charge in [0.15, 0.2) is 11.6 Å². The molecular formula is C67H81BCl2N11O14PS4. The molecule has 10 N–H and O–H groups in total. The zero-order valence-corrected chi connectivity index (χ0v) is 62.1. The van der Waals surface area contributed by atoms with E-state index in [2.05, 4.69) is 37.3 Å². The van der Waals surface area contributed by atoms with Gasteiger partial charge >= 0.3 is 13.9 Å². The van der Waals surface area contributed by atoms with Gasteiger partial charge < -0.3 is 71.2 Å². The predicted octanol–water partition coefficient (Wildman–Crippen LogP) is 7.04. The van der Waals surface area contributed by atoms with Gasteiger partial charge in [-0.1, -0.05) is 26.0 Å². The van der Waals surface area contributed by atoms with E-state index < -0.39 is 72.4 Å². The molecule has 1 unspecified atom stereocenters. The number of carbonyl (C=O) groups is 8. The van der Waals surface area contributed by atoms with E-state index >= 15 is 9.59 Å². The second-order valence-corrected chi connectivity index (χ2v) is 32.1. The van der Waals surface area contributed by atoms with Crippen LogP contribution in [0, 0.1) is 66.1 Å². The normalized spacial score (nSPS) is 24.3. The number of halogens is 2. The molecule has 0 bridgehead atoms. The molecular weight excluding hydrogens is 1420 g/mol. The highest BCUT2D eigenvalue weighted by Crippen LogP contribution is 3.10. The number of alkyl halides is 2. The molecule has 0 spiro atoms. The van der Waals surface area contributed by atoms with E-state index in [-0.39, 0.29) is 119 Å². The molecule has 2 aliphatic heterocycles. The number of urea groups is 1. The van der Waals surface area contributed by atoms with E-state index in [1.807, 2.05) is 37.2 Å². The van der Waals surface area contributed by atoms with Crippen molar-refractivity contribution in [2.24, 2.45) is 58.0 Å². The number of likely N-dealkylation sites (N-methyl/N-ethyl adjacent to an activating group) is 2. The quantitative estimate of drug-likeness (QED) is 0.00762. The number of phosphoric acid groups is 1. The number of nitrogens with two attached hydrogens (primary N) is 1. The number of nitrogens with one attached hydrogen (secondary N) is 6. The SMILES string of the molecule is BC(=O)NCCCC[C@H](NC(C)=O)C(=O)NC(C(=O)N[C@@H](CCCNC(N)=O)C(=O)Nc1ccc(COC(=S)N(C)CCN(C)C(=S)Oc2cc3c(c4c(C)csc24)[C@H](CCl)CN3C(=O)C23C4C5C2C2C3C4C52C(=O)N2C[C@@H](CCl)c3c2cc(OP(=O)(O)O)c2scc(C)c32)cc1)C(C)C. The fourth-order valence-corrected chi connectivity index (χ4v) is 20.8. The number of benzene rings is 3. The number of phosphoric ester groups is 1. The monoisotopic (exact) mass is 1500 g/mol. The summed E-state index contributed by atoms with van der Waals surface area (Å²) < 4.78 is 31.6. The summed E-state index contributed by atoms with van der Waals surface area (Å²) in [4.78, 5) is 134. The van der Waals surface area contributed by atoms with E-state index in [9.17, 15) is 43.1 Å². The van der Waals surface area contributed by atoms with Crippen LogP contribution in [0.25, 0.3) is 20.2 Å². The molecule has 4 heterocycles. The molecule has 13 rings (SSSR count). The second kappa shape index (κ2) is 28.4. The summed E-state index contributed by atoms with van der Waals surface area (Å²) in [6.07, 6.45) is 1.68. The number of primary amides is 1. The smallest absolute Gasteiger partial charge is 0.466 e. The third-order valence-corrected chi connectivity index (χ3v) is 25.9. The van der Waals surface area contributed by atoms with Gasteiger partial charge in [-0.2, -0.15) is 0 Å². The molecule has 0 radical (unpaired) electrons. The lowest BCUT2D eigenvalue weighted by molar-refractivity contribution is -0.623.